The van der Waals surface area contributed by atoms with Crippen LogP contribution in [-0.2, 0) is 0 Å². The summed E-state index contributed by atoms with van der Waals surface area (Å²) >= 11 is 0. The molecule has 3 fully saturated rings. The van der Waals surface area contributed by atoms with E-state index in [0.29, 0.717) is 0 Å². The monoisotopic (exact) mass is 440 g/mol. The van der Waals surface area contributed by atoms with Crippen LogP contribution < -0.4 is 0 Å². The van der Waals surface area contributed by atoms with Gasteiger partial charge in [0.15, 0.2) is 0 Å². The van der Waals surface area contributed by atoms with Crippen molar-refractivity contribution in [2.24, 2.45) is 35.5 Å². The fourth-order valence-electron chi connectivity index (χ4n) is 7.37. The number of unbranched alkanes of at least 4 members (excludes halogenated alkanes) is 2. The summed E-state index contributed by atoms with van der Waals surface area (Å²) in [5.74, 6) is 6.16. The molecule has 0 heterocycles. The van der Waals surface area contributed by atoms with Gasteiger partial charge in [-0.3, -0.25) is 0 Å². The van der Waals surface area contributed by atoms with Crippen LogP contribution in [0.3, 0.4) is 0 Å². The fraction of sp³-hybridized carbons (Fsp3) is 0.875. The molecule has 0 amide bonds. The third kappa shape index (κ3) is 9.38. The lowest BCUT2D eigenvalue weighted by atomic mass is 9.68. The van der Waals surface area contributed by atoms with Crippen LogP contribution in [-0.4, -0.2) is 0 Å². The van der Waals surface area contributed by atoms with E-state index in [1.807, 2.05) is 0 Å². The van der Waals surface area contributed by atoms with Crippen molar-refractivity contribution >= 4 is 0 Å². The van der Waals surface area contributed by atoms with Crippen molar-refractivity contribution in [3.8, 4) is 0 Å². The van der Waals surface area contributed by atoms with Crippen molar-refractivity contribution in [1.82, 2.24) is 0 Å². The summed E-state index contributed by atoms with van der Waals surface area (Å²) in [7, 11) is 0. The molecule has 0 nitrogen and oxygen atoms in total. The summed E-state index contributed by atoms with van der Waals surface area (Å²) in [6.45, 7) is 4.48. The Kier molecular flexibility index (Phi) is 12.6. The van der Waals surface area contributed by atoms with E-state index in [-0.39, 0.29) is 0 Å². The van der Waals surface area contributed by atoms with E-state index >= 15 is 0 Å². The Morgan fingerprint density at radius 3 is 1.62 bits per heavy atom. The van der Waals surface area contributed by atoms with Crippen LogP contribution in [0.1, 0.15) is 142 Å². The lowest BCUT2D eigenvalue weighted by Crippen LogP contribution is -2.25. The second-order valence-corrected chi connectivity index (χ2v) is 12.0. The molecule has 0 radical (unpaired) electrons. The van der Waals surface area contributed by atoms with Gasteiger partial charge < -0.3 is 0 Å². The van der Waals surface area contributed by atoms with Crippen molar-refractivity contribution in [1.29, 1.82) is 0 Å². The molecular formula is C32H56. The highest BCUT2D eigenvalue weighted by Crippen LogP contribution is 2.42. The van der Waals surface area contributed by atoms with E-state index in [4.69, 9.17) is 0 Å². The summed E-state index contributed by atoms with van der Waals surface area (Å²) < 4.78 is 0. The van der Waals surface area contributed by atoms with Crippen molar-refractivity contribution in [2.45, 2.75) is 142 Å². The molecular weight excluding hydrogens is 384 g/mol. The standard InChI is InChI=1S/C32H56/c1-3-5-7-11-27-15-17-28(18-16-27)13-9-10-14-30-21-25-32(26-22-30)31-23-19-29(20-24-31)12-8-6-4-2/h3,5,10,14,27-32H,4,6-9,11-13,15-26H2,1-2H3. The van der Waals surface area contributed by atoms with Crippen LogP contribution in [0.4, 0.5) is 0 Å². The maximum absolute atomic E-state index is 2.63. The van der Waals surface area contributed by atoms with Crippen molar-refractivity contribution < 1.29 is 0 Å². The summed E-state index contributed by atoms with van der Waals surface area (Å²) in [5.41, 5.74) is 0. The maximum atomic E-state index is 2.63. The molecule has 0 spiro atoms. The molecule has 0 heteroatoms. The number of allylic oxidation sites excluding steroid dienone is 4. The zero-order valence-corrected chi connectivity index (χ0v) is 21.9. The second-order valence-electron chi connectivity index (χ2n) is 12.0. The number of hydrogen-bond donors (Lipinski definition) is 0. The highest BCUT2D eigenvalue weighted by Gasteiger charge is 2.30. The third-order valence-corrected chi connectivity index (χ3v) is 9.68. The molecule has 0 aliphatic heterocycles. The molecule has 3 aliphatic rings. The van der Waals surface area contributed by atoms with Gasteiger partial charge in [0, 0.05) is 0 Å². The molecule has 0 saturated heterocycles. The average molecular weight is 441 g/mol. The Labute approximate surface area is 202 Å². The molecule has 0 aromatic heterocycles. The molecule has 0 unspecified atom stereocenters. The van der Waals surface area contributed by atoms with Crippen LogP contribution in [0.2, 0.25) is 0 Å². The topological polar surface area (TPSA) is 0 Å². The van der Waals surface area contributed by atoms with Crippen LogP contribution >= 0.6 is 0 Å². The molecule has 0 atom stereocenters. The van der Waals surface area contributed by atoms with E-state index < -0.39 is 0 Å². The molecule has 3 rings (SSSR count). The maximum Gasteiger partial charge on any atom is -0.0233 e. The van der Waals surface area contributed by atoms with Crippen LogP contribution in [0.25, 0.3) is 0 Å². The normalized spacial score (nSPS) is 34.4. The molecule has 0 bridgehead atoms. The van der Waals surface area contributed by atoms with Gasteiger partial charge in [0.2, 0.25) is 0 Å². The van der Waals surface area contributed by atoms with Gasteiger partial charge in [0.1, 0.15) is 0 Å². The largest absolute Gasteiger partial charge is 0.0917 e. The zero-order chi connectivity index (χ0) is 22.4. The molecule has 3 aliphatic carbocycles. The first-order valence-electron chi connectivity index (χ1n) is 15.1. The van der Waals surface area contributed by atoms with Gasteiger partial charge in [-0.1, -0.05) is 95.4 Å². The Morgan fingerprint density at radius 2 is 1.06 bits per heavy atom. The zero-order valence-electron chi connectivity index (χ0n) is 21.9. The molecule has 32 heavy (non-hydrogen) atoms. The van der Waals surface area contributed by atoms with Gasteiger partial charge in [-0.2, -0.15) is 0 Å². The highest BCUT2D eigenvalue weighted by molar-refractivity contribution is 4.93. The Hall–Kier alpha value is -0.520. The Bertz CT molecular complexity index is 504. The Balaban J connectivity index is 1.22. The van der Waals surface area contributed by atoms with Gasteiger partial charge in [-0.05, 0) is 107 Å². The molecule has 184 valence electrons. The summed E-state index contributed by atoms with van der Waals surface area (Å²) in [4.78, 5) is 0. The highest BCUT2D eigenvalue weighted by atomic mass is 14.4. The van der Waals surface area contributed by atoms with Crippen LogP contribution in [0.15, 0.2) is 24.3 Å². The van der Waals surface area contributed by atoms with Crippen molar-refractivity contribution in [3.63, 3.8) is 0 Å². The molecule has 0 aromatic carbocycles. The quantitative estimate of drug-likeness (QED) is 0.209. The first-order chi connectivity index (χ1) is 15.8. The smallest absolute Gasteiger partial charge is 0.0233 e. The van der Waals surface area contributed by atoms with Crippen molar-refractivity contribution in [2.75, 3.05) is 0 Å². The lowest BCUT2D eigenvalue weighted by Gasteiger charge is -2.37. The van der Waals surface area contributed by atoms with Gasteiger partial charge in [-0.15, -0.1) is 0 Å². The SMILES string of the molecule is CC=CCCC1CCC(CCC=CC2CCC(C3CCC(CCCCC)CC3)CC2)CC1. The predicted octanol–water partition coefficient (Wildman–Crippen LogP) is 10.7. The minimum atomic E-state index is 0.902. The minimum Gasteiger partial charge on any atom is -0.0917 e. The summed E-state index contributed by atoms with van der Waals surface area (Å²) in [6.07, 6.45) is 39.4. The Morgan fingerprint density at radius 1 is 0.562 bits per heavy atom. The van der Waals surface area contributed by atoms with E-state index in [1.165, 1.54) is 103 Å². The number of hydrogen-bond acceptors (Lipinski definition) is 0. The van der Waals surface area contributed by atoms with Crippen LogP contribution in [0.5, 0.6) is 0 Å². The third-order valence-electron chi connectivity index (χ3n) is 9.68. The van der Waals surface area contributed by atoms with E-state index in [9.17, 15) is 0 Å². The fourth-order valence-corrected chi connectivity index (χ4v) is 7.37. The van der Waals surface area contributed by atoms with Crippen molar-refractivity contribution in [3.05, 3.63) is 24.3 Å². The predicted molar refractivity (Wildman–Crippen MR) is 143 cm³/mol. The average Bonchev–Trinajstić information content (AvgIpc) is 2.84. The van der Waals surface area contributed by atoms with E-state index in [0.717, 1.165) is 35.5 Å². The lowest BCUT2D eigenvalue weighted by molar-refractivity contribution is 0.151. The minimum absolute atomic E-state index is 0.902. The van der Waals surface area contributed by atoms with Gasteiger partial charge >= 0.3 is 0 Å². The second kappa shape index (κ2) is 15.4. The summed E-state index contributed by atoms with van der Waals surface area (Å²) in [5, 5.41) is 0. The van der Waals surface area contributed by atoms with E-state index in [2.05, 4.69) is 38.2 Å². The van der Waals surface area contributed by atoms with Gasteiger partial charge in [0.05, 0.1) is 0 Å². The first kappa shape index (κ1) is 26.1. The van der Waals surface area contributed by atoms with Gasteiger partial charge in [-0.25, -0.2) is 0 Å². The molecule has 0 aromatic rings. The summed E-state index contributed by atoms with van der Waals surface area (Å²) in [6, 6.07) is 0. The first-order valence-corrected chi connectivity index (χ1v) is 15.1. The molecule has 3 saturated carbocycles. The number of rotatable bonds is 12. The molecule has 0 N–H and O–H groups in total. The van der Waals surface area contributed by atoms with E-state index in [1.54, 1.807) is 25.7 Å². The van der Waals surface area contributed by atoms with Gasteiger partial charge in [0.25, 0.3) is 0 Å². The van der Waals surface area contributed by atoms with Crippen LogP contribution in [0, 0.1) is 35.5 Å².